The predicted molar refractivity (Wildman–Crippen MR) is 184 cm³/mol. The molecule has 2 N–H and O–H groups in total. The zero-order chi connectivity index (χ0) is 33.4. The number of rotatable bonds is 8. The van der Waals surface area contributed by atoms with Crippen molar-refractivity contribution >= 4 is 30.6 Å². The lowest BCUT2D eigenvalue weighted by molar-refractivity contribution is -0.144. The maximum Gasteiger partial charge on any atom is 0.455 e. The summed E-state index contributed by atoms with van der Waals surface area (Å²) in [6.07, 6.45) is 4.96. The van der Waals surface area contributed by atoms with Crippen LogP contribution in [-0.4, -0.2) is 64.1 Å². The fraction of sp³-hybridized carbons (Fsp3) is 0.385. The van der Waals surface area contributed by atoms with Crippen LogP contribution in [0.1, 0.15) is 55.7 Å². The minimum absolute atomic E-state index is 0.0575. The summed E-state index contributed by atoms with van der Waals surface area (Å²) in [4.78, 5) is 32.1. The van der Waals surface area contributed by atoms with Crippen molar-refractivity contribution in [2.45, 2.75) is 64.0 Å². The van der Waals surface area contributed by atoms with Gasteiger partial charge in [-0.25, -0.2) is 4.39 Å². The van der Waals surface area contributed by atoms with Crippen molar-refractivity contribution in [3.8, 4) is 5.75 Å². The molecule has 3 aromatic carbocycles. The van der Waals surface area contributed by atoms with E-state index < -0.39 is 36.6 Å². The Morgan fingerprint density at radius 1 is 0.979 bits per heavy atom. The molecule has 48 heavy (non-hydrogen) atoms. The fourth-order valence-corrected chi connectivity index (χ4v) is 8.53. The van der Waals surface area contributed by atoms with Gasteiger partial charge in [-0.15, -0.1) is 0 Å². The second kappa shape index (κ2) is 13.8. The van der Waals surface area contributed by atoms with Crippen molar-refractivity contribution in [2.24, 2.45) is 17.8 Å². The normalized spacial score (nSPS) is 25.4. The number of likely N-dealkylation sites (tertiary alicyclic amines) is 2. The molecule has 4 aliphatic rings. The number of fused-ring (bicyclic) bond motifs is 3. The van der Waals surface area contributed by atoms with Gasteiger partial charge in [0, 0.05) is 25.7 Å². The average molecular weight is 649 g/mol. The molecule has 7 rings (SSSR count). The van der Waals surface area contributed by atoms with Crippen LogP contribution < -0.4 is 0 Å². The van der Waals surface area contributed by atoms with Gasteiger partial charge in [0.25, 0.3) is 0 Å². The molecular formula is C39H42BFN2O5. The van der Waals surface area contributed by atoms with Gasteiger partial charge in [-0.2, -0.15) is 0 Å². The van der Waals surface area contributed by atoms with Crippen LogP contribution >= 0.6 is 0 Å². The summed E-state index contributed by atoms with van der Waals surface area (Å²) in [5.41, 5.74) is 5.95. The van der Waals surface area contributed by atoms with E-state index in [0.717, 1.165) is 54.8 Å². The van der Waals surface area contributed by atoms with Gasteiger partial charge in [-0.05, 0) is 91.2 Å². The molecule has 0 spiro atoms. The maximum absolute atomic E-state index is 14.2. The van der Waals surface area contributed by atoms with E-state index in [4.69, 9.17) is 4.65 Å². The van der Waals surface area contributed by atoms with E-state index in [-0.39, 0.29) is 23.8 Å². The standard InChI is InChI=1S/C39H42BFN2O5/c1-25-20-31-37(39(46)43(38(31)45)30-16-18-42(19-17-30)24-26-8-4-2-5-9-26)32-23-40(47)48-35(36(25)32)15-13-29(28-10-6-3-7-11-28)21-27-12-14-34(44)33(41)22-27/h2-12,14,21-22,30-32,35,37,44,47H,13,15-20,23-24H2,1H3/b29-21-/t31-,32+,35-,37-/m1/s1. The Hall–Kier alpha value is -4.05. The number of carbonyl (C=O) groups excluding carboxylic acids is 2. The second-order valence-corrected chi connectivity index (χ2v) is 13.8. The summed E-state index contributed by atoms with van der Waals surface area (Å²) in [6, 6.07) is 24.4. The third-order valence-corrected chi connectivity index (χ3v) is 10.8. The highest BCUT2D eigenvalue weighted by molar-refractivity contribution is 6.43. The van der Waals surface area contributed by atoms with E-state index in [9.17, 15) is 24.1 Å². The summed E-state index contributed by atoms with van der Waals surface area (Å²) in [7, 11) is -1.04. The number of benzene rings is 3. The molecule has 3 heterocycles. The van der Waals surface area contributed by atoms with Gasteiger partial charge in [-0.1, -0.05) is 78.4 Å². The lowest BCUT2D eigenvalue weighted by atomic mass is 9.58. The Morgan fingerprint density at radius 3 is 2.40 bits per heavy atom. The van der Waals surface area contributed by atoms with E-state index in [1.54, 1.807) is 11.0 Å². The van der Waals surface area contributed by atoms with Crippen LogP contribution in [0.5, 0.6) is 5.75 Å². The highest BCUT2D eigenvalue weighted by Crippen LogP contribution is 2.51. The number of imide groups is 1. The topological polar surface area (TPSA) is 90.3 Å². The predicted octanol–water partition coefficient (Wildman–Crippen LogP) is 6.33. The van der Waals surface area contributed by atoms with Crippen molar-refractivity contribution in [1.82, 2.24) is 9.80 Å². The van der Waals surface area contributed by atoms with Gasteiger partial charge in [0.2, 0.25) is 11.8 Å². The van der Waals surface area contributed by atoms with E-state index in [0.29, 0.717) is 31.1 Å². The molecular weight excluding hydrogens is 606 g/mol. The van der Waals surface area contributed by atoms with Gasteiger partial charge >= 0.3 is 7.12 Å². The number of allylic oxidation sites excluding steroid dienone is 2. The first-order chi connectivity index (χ1) is 23.3. The molecule has 0 saturated carbocycles. The number of carbonyl (C=O) groups is 2. The van der Waals surface area contributed by atoms with E-state index >= 15 is 0 Å². The molecule has 9 heteroatoms. The Labute approximate surface area is 281 Å². The van der Waals surface area contributed by atoms with E-state index in [1.807, 2.05) is 61.5 Å². The summed E-state index contributed by atoms with van der Waals surface area (Å²) >= 11 is 0. The summed E-state index contributed by atoms with van der Waals surface area (Å²) in [6.45, 7) is 4.57. The first-order valence-corrected chi connectivity index (χ1v) is 17.2. The first-order valence-electron chi connectivity index (χ1n) is 17.2. The molecule has 248 valence electrons. The maximum atomic E-state index is 14.2. The van der Waals surface area contributed by atoms with Crippen LogP contribution in [0, 0.1) is 23.6 Å². The number of hydrogen-bond donors (Lipinski definition) is 2. The molecule has 2 amide bonds. The molecule has 0 radical (unpaired) electrons. The quantitative estimate of drug-likeness (QED) is 0.128. The van der Waals surface area contributed by atoms with Crippen molar-refractivity contribution in [1.29, 1.82) is 0 Å². The van der Waals surface area contributed by atoms with Crippen LogP contribution in [-0.2, 0) is 20.8 Å². The smallest absolute Gasteiger partial charge is 0.455 e. The second-order valence-electron chi connectivity index (χ2n) is 13.8. The van der Waals surface area contributed by atoms with Gasteiger partial charge in [-0.3, -0.25) is 19.4 Å². The lowest BCUT2D eigenvalue weighted by Crippen LogP contribution is -2.48. The molecule has 1 aliphatic carbocycles. The third kappa shape index (κ3) is 6.51. The monoisotopic (exact) mass is 648 g/mol. The minimum atomic E-state index is -1.04. The summed E-state index contributed by atoms with van der Waals surface area (Å²) in [5.74, 6) is -2.36. The minimum Gasteiger partial charge on any atom is -0.505 e. The zero-order valence-corrected chi connectivity index (χ0v) is 27.3. The lowest BCUT2D eigenvalue weighted by Gasteiger charge is -2.42. The molecule has 0 unspecified atom stereocenters. The van der Waals surface area contributed by atoms with Gasteiger partial charge in [0.15, 0.2) is 11.6 Å². The number of aromatic hydroxyl groups is 1. The van der Waals surface area contributed by atoms with Gasteiger partial charge in [0.05, 0.1) is 17.9 Å². The van der Waals surface area contributed by atoms with Crippen LogP contribution in [0.3, 0.4) is 0 Å². The van der Waals surface area contributed by atoms with Crippen molar-refractivity contribution in [3.63, 3.8) is 0 Å². The Morgan fingerprint density at radius 2 is 1.69 bits per heavy atom. The van der Waals surface area contributed by atoms with E-state index in [1.165, 1.54) is 17.7 Å². The number of hydrogen-bond acceptors (Lipinski definition) is 6. The Bertz CT molecular complexity index is 1720. The molecule has 7 nitrogen and oxygen atoms in total. The largest absolute Gasteiger partial charge is 0.505 e. The number of piperidine rings is 1. The summed E-state index contributed by atoms with van der Waals surface area (Å²) < 4.78 is 20.4. The molecule has 3 aliphatic heterocycles. The SMILES string of the molecule is CC1=C2[C@@H](CC/C(=C/c3ccc(O)c(F)c3)c3ccccc3)OB(O)C[C@@H]2[C@@H]2C(=O)N(C3CCN(Cc4ccccc4)CC3)C(=O)[C@@H]2C1. The highest BCUT2D eigenvalue weighted by atomic mass is 19.1. The van der Waals surface area contributed by atoms with Crippen molar-refractivity contribution in [3.05, 3.63) is 113 Å². The number of halogens is 1. The van der Waals surface area contributed by atoms with Crippen LogP contribution in [0.4, 0.5) is 4.39 Å². The van der Waals surface area contributed by atoms with Gasteiger partial charge < -0.3 is 14.8 Å². The molecule has 0 bridgehead atoms. The molecule has 3 fully saturated rings. The first kappa shape index (κ1) is 32.5. The third-order valence-electron chi connectivity index (χ3n) is 10.8. The molecule has 3 saturated heterocycles. The van der Waals surface area contributed by atoms with Crippen molar-refractivity contribution < 1.29 is 28.8 Å². The van der Waals surface area contributed by atoms with Gasteiger partial charge in [0.1, 0.15) is 0 Å². The van der Waals surface area contributed by atoms with Crippen LogP contribution in [0.2, 0.25) is 6.32 Å². The Balaban J connectivity index is 1.08. The fourth-order valence-electron chi connectivity index (χ4n) is 8.53. The summed E-state index contributed by atoms with van der Waals surface area (Å²) in [5, 5.41) is 20.7. The number of phenolic OH excluding ortho intramolecular Hbond substituents is 1. The van der Waals surface area contributed by atoms with Crippen LogP contribution in [0.15, 0.2) is 90.0 Å². The molecule has 0 aromatic heterocycles. The highest BCUT2D eigenvalue weighted by Gasteiger charge is 2.58. The number of amides is 2. The number of nitrogens with zero attached hydrogens (tertiary/aromatic N) is 2. The van der Waals surface area contributed by atoms with Crippen molar-refractivity contribution in [2.75, 3.05) is 13.1 Å². The van der Waals surface area contributed by atoms with E-state index in [2.05, 4.69) is 17.0 Å². The average Bonchev–Trinajstić information content (AvgIpc) is 3.34. The number of phenols is 1. The molecule has 4 atom stereocenters. The Kier molecular flexibility index (Phi) is 9.36. The van der Waals surface area contributed by atoms with Crippen LogP contribution in [0.25, 0.3) is 11.6 Å². The zero-order valence-electron chi connectivity index (χ0n) is 27.3. The molecule has 3 aromatic rings.